The minimum Gasteiger partial charge on any atom is -0.484 e. The van der Waals surface area contributed by atoms with E-state index in [2.05, 4.69) is 24.5 Å². The molecule has 1 aromatic carbocycles. The molecule has 1 rings (SSSR count). The Morgan fingerprint density at radius 2 is 2.05 bits per heavy atom. The third-order valence-electron chi connectivity index (χ3n) is 3.00. The van der Waals surface area contributed by atoms with Crippen LogP contribution in [0.2, 0.25) is 0 Å². The van der Waals surface area contributed by atoms with Crippen LogP contribution >= 0.6 is 0 Å². The lowest BCUT2D eigenvalue weighted by molar-refractivity contribution is -0.123. The van der Waals surface area contributed by atoms with Crippen LogP contribution in [0.1, 0.15) is 32.3 Å². The van der Waals surface area contributed by atoms with Gasteiger partial charge in [-0.2, -0.15) is 0 Å². The number of carbonyl (C=O) groups excluding carboxylic acids is 1. The van der Waals surface area contributed by atoms with Crippen LogP contribution in [0.25, 0.3) is 0 Å². The lowest BCUT2D eigenvalue weighted by atomic mass is 10.2. The van der Waals surface area contributed by atoms with Gasteiger partial charge in [-0.15, -0.1) is 0 Å². The number of hydrogen-bond acceptors (Lipinski definition) is 3. The van der Waals surface area contributed by atoms with Crippen molar-refractivity contribution in [2.45, 2.75) is 39.3 Å². The summed E-state index contributed by atoms with van der Waals surface area (Å²) >= 11 is 0. The molecule has 0 spiro atoms. The third-order valence-corrected chi connectivity index (χ3v) is 3.00. The monoisotopic (exact) mass is 264 g/mol. The van der Waals surface area contributed by atoms with Crippen LogP contribution in [-0.4, -0.2) is 25.6 Å². The highest BCUT2D eigenvalue weighted by Gasteiger charge is 2.08. The average Bonchev–Trinajstić information content (AvgIpc) is 2.43. The molecule has 1 amide bonds. The van der Waals surface area contributed by atoms with Crippen LogP contribution in [-0.2, 0) is 11.3 Å². The van der Waals surface area contributed by atoms with Gasteiger partial charge in [-0.25, -0.2) is 0 Å². The number of rotatable bonds is 8. The zero-order valence-corrected chi connectivity index (χ0v) is 12.0. The molecule has 0 atom stereocenters. The normalized spacial score (nSPS) is 10.5. The van der Waals surface area contributed by atoms with Crippen molar-refractivity contribution in [2.24, 2.45) is 0 Å². The van der Waals surface area contributed by atoms with E-state index in [1.165, 1.54) is 0 Å². The first-order valence-corrected chi connectivity index (χ1v) is 6.85. The van der Waals surface area contributed by atoms with Crippen molar-refractivity contribution in [3.63, 3.8) is 0 Å². The predicted molar refractivity (Wildman–Crippen MR) is 77.2 cm³/mol. The predicted octanol–water partition coefficient (Wildman–Crippen LogP) is 2.09. The maximum atomic E-state index is 11.7. The van der Waals surface area contributed by atoms with E-state index >= 15 is 0 Å². The van der Waals surface area contributed by atoms with Crippen molar-refractivity contribution in [2.75, 3.05) is 13.7 Å². The number of benzene rings is 1. The molecule has 106 valence electrons. The summed E-state index contributed by atoms with van der Waals surface area (Å²) in [5.74, 6) is 0.667. The minimum atomic E-state index is -0.0623. The van der Waals surface area contributed by atoms with Gasteiger partial charge in [0.15, 0.2) is 6.61 Å². The Morgan fingerprint density at radius 1 is 1.32 bits per heavy atom. The SMILES string of the molecule is CCC(CC)NC(=O)COc1cccc(CNC)c1. The smallest absolute Gasteiger partial charge is 0.258 e. The van der Waals surface area contributed by atoms with E-state index in [-0.39, 0.29) is 18.6 Å². The Balaban J connectivity index is 2.43. The van der Waals surface area contributed by atoms with Gasteiger partial charge in [0.2, 0.25) is 0 Å². The van der Waals surface area contributed by atoms with Crippen LogP contribution in [0.5, 0.6) is 5.75 Å². The van der Waals surface area contributed by atoms with Gasteiger partial charge in [-0.05, 0) is 37.6 Å². The molecular formula is C15H24N2O2. The summed E-state index contributed by atoms with van der Waals surface area (Å²) in [4.78, 5) is 11.7. The number of hydrogen-bond donors (Lipinski definition) is 2. The molecule has 1 aromatic rings. The van der Waals surface area contributed by atoms with E-state index in [0.717, 1.165) is 30.7 Å². The second kappa shape index (κ2) is 8.53. The molecule has 0 saturated heterocycles. The van der Waals surface area contributed by atoms with Gasteiger partial charge in [0.25, 0.3) is 5.91 Å². The summed E-state index contributed by atoms with van der Waals surface area (Å²) in [5.41, 5.74) is 1.14. The summed E-state index contributed by atoms with van der Waals surface area (Å²) in [6.07, 6.45) is 1.89. The van der Waals surface area contributed by atoms with Gasteiger partial charge in [0.05, 0.1) is 0 Å². The van der Waals surface area contributed by atoms with E-state index in [4.69, 9.17) is 4.74 Å². The van der Waals surface area contributed by atoms with Crippen molar-refractivity contribution in [3.8, 4) is 5.75 Å². The number of carbonyl (C=O) groups is 1. The van der Waals surface area contributed by atoms with E-state index in [9.17, 15) is 4.79 Å². The molecule has 0 fully saturated rings. The second-order valence-electron chi connectivity index (χ2n) is 4.55. The first-order chi connectivity index (χ1) is 9.19. The standard InChI is InChI=1S/C15H24N2O2/c1-4-13(5-2)17-15(18)11-19-14-8-6-7-12(9-14)10-16-3/h6-9,13,16H,4-5,10-11H2,1-3H3,(H,17,18). The molecule has 0 radical (unpaired) electrons. The first kappa shape index (κ1) is 15.5. The zero-order chi connectivity index (χ0) is 14.1. The van der Waals surface area contributed by atoms with Gasteiger partial charge in [-0.3, -0.25) is 4.79 Å². The van der Waals surface area contributed by atoms with Gasteiger partial charge in [-0.1, -0.05) is 26.0 Å². The van der Waals surface area contributed by atoms with Crippen LogP contribution < -0.4 is 15.4 Å². The summed E-state index contributed by atoms with van der Waals surface area (Å²) < 4.78 is 5.50. The largest absolute Gasteiger partial charge is 0.484 e. The van der Waals surface area contributed by atoms with Crippen LogP contribution in [0, 0.1) is 0 Å². The Hall–Kier alpha value is -1.55. The Kier molecular flexibility index (Phi) is 6.97. The fourth-order valence-electron chi connectivity index (χ4n) is 1.86. The Bertz CT molecular complexity index is 389. The highest BCUT2D eigenvalue weighted by molar-refractivity contribution is 5.77. The van der Waals surface area contributed by atoms with Crippen molar-refractivity contribution in [1.29, 1.82) is 0 Å². The lowest BCUT2D eigenvalue weighted by Crippen LogP contribution is -2.37. The summed E-state index contributed by atoms with van der Waals surface area (Å²) in [7, 11) is 1.90. The van der Waals surface area contributed by atoms with Gasteiger partial charge in [0, 0.05) is 12.6 Å². The lowest BCUT2D eigenvalue weighted by Gasteiger charge is -2.15. The van der Waals surface area contributed by atoms with E-state index in [0.29, 0.717) is 0 Å². The van der Waals surface area contributed by atoms with Gasteiger partial charge >= 0.3 is 0 Å². The Morgan fingerprint density at radius 3 is 2.68 bits per heavy atom. The first-order valence-electron chi connectivity index (χ1n) is 6.85. The van der Waals surface area contributed by atoms with Crippen molar-refractivity contribution in [3.05, 3.63) is 29.8 Å². The van der Waals surface area contributed by atoms with Gasteiger partial charge in [0.1, 0.15) is 5.75 Å². The fraction of sp³-hybridized carbons (Fsp3) is 0.533. The minimum absolute atomic E-state index is 0.0623. The van der Waals surface area contributed by atoms with Crippen LogP contribution in [0.4, 0.5) is 0 Å². The molecule has 0 heterocycles. The van der Waals surface area contributed by atoms with Crippen LogP contribution in [0.15, 0.2) is 24.3 Å². The van der Waals surface area contributed by atoms with E-state index < -0.39 is 0 Å². The van der Waals surface area contributed by atoms with Crippen molar-refractivity contribution in [1.82, 2.24) is 10.6 Å². The van der Waals surface area contributed by atoms with Crippen molar-refractivity contribution >= 4 is 5.91 Å². The molecule has 19 heavy (non-hydrogen) atoms. The van der Waals surface area contributed by atoms with Crippen molar-refractivity contribution < 1.29 is 9.53 Å². The molecule has 4 heteroatoms. The fourth-order valence-corrected chi connectivity index (χ4v) is 1.86. The van der Waals surface area contributed by atoms with E-state index in [1.54, 1.807) is 0 Å². The number of ether oxygens (including phenoxy) is 1. The number of nitrogens with one attached hydrogen (secondary N) is 2. The molecule has 0 aromatic heterocycles. The maximum Gasteiger partial charge on any atom is 0.258 e. The molecule has 2 N–H and O–H groups in total. The third kappa shape index (κ3) is 5.75. The van der Waals surface area contributed by atoms with E-state index in [1.807, 2.05) is 31.3 Å². The summed E-state index contributed by atoms with van der Waals surface area (Å²) in [6, 6.07) is 8.01. The molecule has 0 unspecified atom stereocenters. The summed E-state index contributed by atoms with van der Waals surface area (Å²) in [5, 5.41) is 6.03. The summed E-state index contributed by atoms with van der Waals surface area (Å²) in [6.45, 7) is 4.99. The average molecular weight is 264 g/mol. The molecular weight excluding hydrogens is 240 g/mol. The highest BCUT2D eigenvalue weighted by atomic mass is 16.5. The Labute approximate surface area is 115 Å². The molecule has 4 nitrogen and oxygen atoms in total. The molecule has 0 aliphatic heterocycles. The quantitative estimate of drug-likeness (QED) is 0.756. The molecule has 0 saturated carbocycles. The number of amides is 1. The zero-order valence-electron chi connectivity index (χ0n) is 12.0. The highest BCUT2D eigenvalue weighted by Crippen LogP contribution is 2.13. The van der Waals surface area contributed by atoms with Gasteiger partial charge < -0.3 is 15.4 Å². The van der Waals surface area contributed by atoms with Crippen LogP contribution in [0.3, 0.4) is 0 Å². The maximum absolute atomic E-state index is 11.7. The molecule has 0 bridgehead atoms. The second-order valence-corrected chi connectivity index (χ2v) is 4.55. The molecule has 0 aliphatic carbocycles. The topological polar surface area (TPSA) is 50.4 Å². The molecule has 0 aliphatic rings.